The van der Waals surface area contributed by atoms with E-state index in [4.69, 9.17) is 8.83 Å². The average Bonchev–Trinajstić information content (AvgIpc) is 3.80. The van der Waals surface area contributed by atoms with Crippen LogP contribution in [0.5, 0.6) is 0 Å². The lowest BCUT2D eigenvalue weighted by Gasteiger charge is -2.29. The highest BCUT2D eigenvalue weighted by Crippen LogP contribution is 2.48. The number of furan rings is 2. The van der Waals surface area contributed by atoms with Crippen LogP contribution in [-0.2, 0) is 0 Å². The Kier molecular flexibility index (Phi) is 6.55. The van der Waals surface area contributed by atoms with Crippen LogP contribution in [0.2, 0.25) is 0 Å². The maximum absolute atomic E-state index is 6.47. The van der Waals surface area contributed by atoms with E-state index in [0.29, 0.717) is 0 Å². The Hall–Kier alpha value is -7.10. The summed E-state index contributed by atoms with van der Waals surface area (Å²) in [6, 6.07) is 66.8. The van der Waals surface area contributed by atoms with Crippen molar-refractivity contribution in [3.8, 4) is 22.3 Å². The van der Waals surface area contributed by atoms with Crippen molar-refractivity contribution in [2.75, 3.05) is 4.90 Å². The quantitative estimate of drug-likeness (QED) is 0.170. The van der Waals surface area contributed by atoms with E-state index in [-0.39, 0.29) is 0 Å². The molecule has 0 unspecified atom stereocenters. The summed E-state index contributed by atoms with van der Waals surface area (Å²) >= 11 is 0. The minimum Gasteiger partial charge on any atom is -0.456 e. The number of rotatable bonds is 5. The molecule has 3 heteroatoms. The van der Waals surface area contributed by atoms with Gasteiger partial charge in [-0.3, -0.25) is 0 Å². The molecule has 9 aromatic carbocycles. The van der Waals surface area contributed by atoms with Gasteiger partial charge in [-0.1, -0.05) is 133 Å². The van der Waals surface area contributed by atoms with E-state index in [9.17, 15) is 0 Å². The number of benzene rings is 9. The number of anilines is 3. The second kappa shape index (κ2) is 11.7. The summed E-state index contributed by atoms with van der Waals surface area (Å²) in [5, 5.41) is 9.35. The summed E-state index contributed by atoms with van der Waals surface area (Å²) in [6.07, 6.45) is 0. The monoisotopic (exact) mass is 677 g/mol. The zero-order valence-electron chi connectivity index (χ0n) is 28.7. The fraction of sp³-hybridized carbons (Fsp3) is 0. The Morgan fingerprint density at radius 1 is 0.321 bits per heavy atom. The van der Waals surface area contributed by atoms with Gasteiger partial charge in [0.1, 0.15) is 22.3 Å². The van der Waals surface area contributed by atoms with Crippen LogP contribution >= 0.6 is 0 Å². The molecule has 53 heavy (non-hydrogen) atoms. The molecular formula is C50H31NO2. The molecule has 0 bridgehead atoms. The van der Waals surface area contributed by atoms with E-state index in [1.165, 1.54) is 27.1 Å². The maximum Gasteiger partial charge on any atom is 0.137 e. The topological polar surface area (TPSA) is 29.5 Å². The van der Waals surface area contributed by atoms with E-state index in [0.717, 1.165) is 77.6 Å². The number of para-hydroxylation sites is 3. The van der Waals surface area contributed by atoms with Gasteiger partial charge in [-0.25, -0.2) is 0 Å². The van der Waals surface area contributed by atoms with Crippen LogP contribution in [-0.4, -0.2) is 0 Å². The first-order valence-electron chi connectivity index (χ1n) is 18.0. The molecule has 0 aliphatic heterocycles. The molecule has 2 aromatic heterocycles. The third kappa shape index (κ3) is 4.61. The minimum atomic E-state index is 0.853. The largest absolute Gasteiger partial charge is 0.456 e. The van der Waals surface area contributed by atoms with E-state index < -0.39 is 0 Å². The first kappa shape index (κ1) is 29.6. The number of hydrogen-bond acceptors (Lipinski definition) is 3. The predicted molar refractivity (Wildman–Crippen MR) is 222 cm³/mol. The molecule has 0 radical (unpaired) electrons. The van der Waals surface area contributed by atoms with E-state index in [1.54, 1.807) is 0 Å². The summed E-state index contributed by atoms with van der Waals surface area (Å²) < 4.78 is 12.9. The van der Waals surface area contributed by atoms with Crippen molar-refractivity contribution < 1.29 is 8.83 Å². The zero-order valence-corrected chi connectivity index (χ0v) is 28.7. The predicted octanol–water partition coefficient (Wildman–Crippen LogP) is 14.6. The molecule has 0 N–H and O–H groups in total. The van der Waals surface area contributed by atoms with E-state index >= 15 is 0 Å². The highest BCUT2D eigenvalue weighted by atomic mass is 16.3. The first-order valence-corrected chi connectivity index (χ1v) is 18.0. The summed E-state index contributed by atoms with van der Waals surface area (Å²) in [5.41, 5.74) is 11.2. The third-order valence-electron chi connectivity index (χ3n) is 10.6. The van der Waals surface area contributed by atoms with Crippen LogP contribution in [0, 0.1) is 0 Å². The standard InChI is InChI=1S/C50H31NO2/c1-2-17-35-33(14-1)31-42(37-19-4-3-18-36(35)37)32-15-11-16-34(30-32)51(44-25-13-29-48-50(44)41-22-7-10-27-46(41)53-48)43-24-8-5-20-38(43)39-23-12-28-47-49(39)40-21-6-9-26-45(40)52-47/h1-31H. The van der Waals surface area contributed by atoms with Gasteiger partial charge in [-0.15, -0.1) is 0 Å². The van der Waals surface area contributed by atoms with Crippen LogP contribution in [0.25, 0.3) is 87.7 Å². The van der Waals surface area contributed by atoms with E-state index in [1.807, 2.05) is 24.3 Å². The fourth-order valence-corrected chi connectivity index (χ4v) is 8.35. The van der Waals surface area contributed by atoms with Gasteiger partial charge in [0.15, 0.2) is 0 Å². The Balaban J connectivity index is 1.21. The number of fused-ring (bicyclic) bond motifs is 9. The van der Waals surface area contributed by atoms with Gasteiger partial charge in [-0.2, -0.15) is 0 Å². The molecule has 0 aliphatic rings. The lowest BCUT2D eigenvalue weighted by Crippen LogP contribution is -2.11. The van der Waals surface area contributed by atoms with Gasteiger partial charge >= 0.3 is 0 Å². The number of nitrogens with zero attached hydrogens (tertiary/aromatic N) is 1. The molecular weight excluding hydrogens is 647 g/mol. The lowest BCUT2D eigenvalue weighted by atomic mass is 9.93. The molecule has 2 heterocycles. The molecule has 3 nitrogen and oxygen atoms in total. The number of hydrogen-bond donors (Lipinski definition) is 0. The molecule has 11 rings (SSSR count). The normalized spacial score (nSPS) is 11.8. The van der Waals surface area contributed by atoms with Crippen LogP contribution < -0.4 is 4.90 Å². The summed E-state index contributed by atoms with van der Waals surface area (Å²) in [5.74, 6) is 0. The van der Waals surface area contributed by atoms with Gasteiger partial charge < -0.3 is 13.7 Å². The molecule has 0 aliphatic carbocycles. The highest BCUT2D eigenvalue weighted by Gasteiger charge is 2.24. The fourth-order valence-electron chi connectivity index (χ4n) is 8.35. The van der Waals surface area contributed by atoms with Crippen molar-refractivity contribution in [1.29, 1.82) is 0 Å². The minimum absolute atomic E-state index is 0.853. The second-order valence-corrected chi connectivity index (χ2v) is 13.6. The third-order valence-corrected chi connectivity index (χ3v) is 10.6. The molecule has 0 saturated heterocycles. The van der Waals surface area contributed by atoms with Crippen molar-refractivity contribution in [3.63, 3.8) is 0 Å². The second-order valence-electron chi connectivity index (χ2n) is 13.6. The van der Waals surface area contributed by atoms with Crippen molar-refractivity contribution in [2.24, 2.45) is 0 Å². The van der Waals surface area contributed by atoms with Crippen molar-refractivity contribution >= 4 is 82.5 Å². The Morgan fingerprint density at radius 2 is 0.868 bits per heavy atom. The molecule has 0 fully saturated rings. The summed E-state index contributed by atoms with van der Waals surface area (Å²) in [7, 11) is 0. The SMILES string of the molecule is c1cc(-c2cc3ccccc3c3ccccc23)cc(N(c2ccccc2-c2cccc3oc4ccccc4c23)c2cccc3oc4ccccc4c23)c1. The van der Waals surface area contributed by atoms with Gasteiger partial charge in [0.2, 0.25) is 0 Å². The summed E-state index contributed by atoms with van der Waals surface area (Å²) in [4.78, 5) is 2.41. The van der Waals surface area contributed by atoms with Gasteiger partial charge in [-0.05, 0) is 92.8 Å². The lowest BCUT2D eigenvalue weighted by molar-refractivity contribution is 0.668. The molecule has 11 aromatic rings. The van der Waals surface area contributed by atoms with Crippen LogP contribution in [0.15, 0.2) is 197 Å². The van der Waals surface area contributed by atoms with E-state index in [2.05, 4.69) is 169 Å². The Morgan fingerprint density at radius 3 is 1.68 bits per heavy atom. The maximum atomic E-state index is 6.47. The van der Waals surface area contributed by atoms with Gasteiger partial charge in [0.05, 0.1) is 16.8 Å². The van der Waals surface area contributed by atoms with Gasteiger partial charge in [0.25, 0.3) is 0 Å². The Bertz CT molecular complexity index is 3200. The van der Waals surface area contributed by atoms with Crippen molar-refractivity contribution in [3.05, 3.63) is 188 Å². The van der Waals surface area contributed by atoms with Gasteiger partial charge in [0, 0.05) is 27.4 Å². The zero-order chi connectivity index (χ0) is 34.9. The molecule has 0 spiro atoms. The Labute approximate surface area is 305 Å². The summed E-state index contributed by atoms with van der Waals surface area (Å²) in [6.45, 7) is 0. The molecule has 0 saturated carbocycles. The highest BCUT2D eigenvalue weighted by molar-refractivity contribution is 6.17. The van der Waals surface area contributed by atoms with Crippen LogP contribution in [0.3, 0.4) is 0 Å². The van der Waals surface area contributed by atoms with Crippen LogP contribution in [0.4, 0.5) is 17.1 Å². The molecule has 0 amide bonds. The van der Waals surface area contributed by atoms with Crippen molar-refractivity contribution in [2.45, 2.75) is 0 Å². The van der Waals surface area contributed by atoms with Crippen LogP contribution in [0.1, 0.15) is 0 Å². The van der Waals surface area contributed by atoms with Crippen molar-refractivity contribution in [1.82, 2.24) is 0 Å². The first-order chi connectivity index (χ1) is 26.3. The molecule has 0 atom stereocenters. The smallest absolute Gasteiger partial charge is 0.137 e. The average molecular weight is 678 g/mol. The molecule has 248 valence electrons.